The highest BCUT2D eigenvalue weighted by Gasteiger charge is 2.29. The maximum Gasteiger partial charge on any atom is 0.228 e. The van der Waals surface area contributed by atoms with Crippen molar-refractivity contribution in [3.8, 4) is 0 Å². The van der Waals surface area contributed by atoms with Crippen LogP contribution in [-0.4, -0.2) is 27.3 Å². The van der Waals surface area contributed by atoms with Crippen molar-refractivity contribution in [1.29, 1.82) is 0 Å². The van der Waals surface area contributed by atoms with Gasteiger partial charge in [0.2, 0.25) is 5.91 Å². The Labute approximate surface area is 136 Å². The fourth-order valence-electron chi connectivity index (χ4n) is 2.69. The number of oxazole rings is 1. The lowest BCUT2D eigenvalue weighted by atomic mass is 9.97. The molecular formula is C18H23N3O2. The summed E-state index contributed by atoms with van der Waals surface area (Å²) in [5.74, 6) is 1.77. The minimum Gasteiger partial charge on any atom is -0.445 e. The number of amides is 1. The molecule has 0 aliphatic carbocycles. The number of fused-ring (bicyclic) bond motifs is 1. The molecule has 0 aromatic carbocycles. The van der Waals surface area contributed by atoms with Gasteiger partial charge in [-0.1, -0.05) is 26.8 Å². The van der Waals surface area contributed by atoms with E-state index in [-0.39, 0.29) is 11.3 Å². The minimum atomic E-state index is -0.114. The van der Waals surface area contributed by atoms with Gasteiger partial charge in [-0.2, -0.15) is 0 Å². The number of carbonyl (C=O) groups is 1. The number of pyridine rings is 1. The van der Waals surface area contributed by atoms with E-state index in [0.29, 0.717) is 19.5 Å². The molecule has 5 heteroatoms. The first-order valence-electron chi connectivity index (χ1n) is 8.02. The molecule has 0 spiro atoms. The molecule has 0 saturated heterocycles. The number of aromatic nitrogens is 2. The molecule has 0 saturated carbocycles. The SMILES string of the molecule is Cc1cccnc1CC(=O)N1CCc2oc(C(C)(C)C)nc2C1. The second-order valence-electron chi connectivity index (χ2n) is 7.15. The molecule has 3 heterocycles. The van der Waals surface area contributed by atoms with Gasteiger partial charge in [0.1, 0.15) is 11.5 Å². The number of hydrogen-bond acceptors (Lipinski definition) is 4. The molecule has 0 bridgehead atoms. The third-order valence-corrected chi connectivity index (χ3v) is 4.16. The topological polar surface area (TPSA) is 59.2 Å². The number of rotatable bonds is 2. The molecular weight excluding hydrogens is 290 g/mol. The van der Waals surface area contributed by atoms with Crippen LogP contribution in [0.2, 0.25) is 0 Å². The van der Waals surface area contributed by atoms with Crippen LogP contribution in [-0.2, 0) is 29.6 Å². The number of carbonyl (C=O) groups excluding carboxylic acids is 1. The first kappa shape index (κ1) is 15.7. The lowest BCUT2D eigenvalue weighted by Gasteiger charge is -2.25. The third kappa shape index (κ3) is 3.28. The Bertz CT molecular complexity index is 728. The fourth-order valence-corrected chi connectivity index (χ4v) is 2.69. The maximum absolute atomic E-state index is 12.6. The smallest absolute Gasteiger partial charge is 0.228 e. The van der Waals surface area contributed by atoms with E-state index < -0.39 is 0 Å². The van der Waals surface area contributed by atoms with Gasteiger partial charge in [0.25, 0.3) is 0 Å². The molecule has 0 unspecified atom stereocenters. The number of hydrogen-bond donors (Lipinski definition) is 0. The van der Waals surface area contributed by atoms with Gasteiger partial charge in [-0.15, -0.1) is 0 Å². The van der Waals surface area contributed by atoms with E-state index in [4.69, 9.17) is 4.42 Å². The lowest BCUT2D eigenvalue weighted by Crippen LogP contribution is -2.37. The summed E-state index contributed by atoms with van der Waals surface area (Å²) >= 11 is 0. The molecule has 122 valence electrons. The Kier molecular flexibility index (Phi) is 3.96. The van der Waals surface area contributed by atoms with E-state index in [1.165, 1.54) is 0 Å². The quantitative estimate of drug-likeness (QED) is 0.855. The predicted molar refractivity (Wildman–Crippen MR) is 87.0 cm³/mol. The van der Waals surface area contributed by atoms with Crippen LogP contribution in [0, 0.1) is 6.92 Å². The van der Waals surface area contributed by atoms with Crippen LogP contribution in [0.15, 0.2) is 22.7 Å². The van der Waals surface area contributed by atoms with Crippen LogP contribution < -0.4 is 0 Å². The van der Waals surface area contributed by atoms with Crippen LogP contribution in [0.4, 0.5) is 0 Å². The molecule has 5 nitrogen and oxygen atoms in total. The summed E-state index contributed by atoms with van der Waals surface area (Å²) in [5.41, 5.74) is 2.68. The molecule has 0 N–H and O–H groups in total. The minimum absolute atomic E-state index is 0.0951. The Balaban J connectivity index is 1.73. The molecule has 3 rings (SSSR count). The Morgan fingerprint density at radius 1 is 1.39 bits per heavy atom. The van der Waals surface area contributed by atoms with Gasteiger partial charge in [0.05, 0.1) is 18.7 Å². The fraction of sp³-hybridized carbons (Fsp3) is 0.500. The molecule has 1 aliphatic heterocycles. The molecule has 0 atom stereocenters. The Hall–Kier alpha value is -2.17. The molecule has 2 aromatic heterocycles. The average molecular weight is 313 g/mol. The first-order valence-corrected chi connectivity index (χ1v) is 8.02. The first-order chi connectivity index (χ1) is 10.8. The van der Waals surface area contributed by atoms with E-state index in [0.717, 1.165) is 35.0 Å². The zero-order chi connectivity index (χ0) is 16.6. The summed E-state index contributed by atoms with van der Waals surface area (Å²) in [5, 5.41) is 0. The van der Waals surface area contributed by atoms with Crippen molar-refractivity contribution < 1.29 is 9.21 Å². The van der Waals surface area contributed by atoms with E-state index in [1.54, 1.807) is 6.20 Å². The van der Waals surface area contributed by atoms with Crippen LogP contribution in [0.5, 0.6) is 0 Å². The summed E-state index contributed by atoms with van der Waals surface area (Å²) in [4.78, 5) is 23.3. The van der Waals surface area contributed by atoms with Gasteiger partial charge in [0.15, 0.2) is 5.89 Å². The van der Waals surface area contributed by atoms with Crippen molar-refractivity contribution in [1.82, 2.24) is 14.9 Å². The maximum atomic E-state index is 12.6. The van der Waals surface area contributed by atoms with Gasteiger partial charge < -0.3 is 9.32 Å². The number of nitrogens with zero attached hydrogens (tertiary/aromatic N) is 3. The molecule has 0 fully saturated rings. The van der Waals surface area contributed by atoms with Gasteiger partial charge in [0, 0.05) is 24.6 Å². The molecule has 2 aromatic rings. The van der Waals surface area contributed by atoms with E-state index in [1.807, 2.05) is 24.0 Å². The summed E-state index contributed by atoms with van der Waals surface area (Å²) in [6.07, 6.45) is 2.80. The summed E-state index contributed by atoms with van der Waals surface area (Å²) < 4.78 is 5.87. The van der Waals surface area contributed by atoms with E-state index in [2.05, 4.69) is 30.7 Å². The monoisotopic (exact) mass is 313 g/mol. The van der Waals surface area contributed by atoms with Gasteiger partial charge in [-0.05, 0) is 18.6 Å². The highest BCUT2D eigenvalue weighted by atomic mass is 16.4. The van der Waals surface area contributed by atoms with Gasteiger partial charge in [-0.3, -0.25) is 9.78 Å². The van der Waals surface area contributed by atoms with Crippen molar-refractivity contribution in [2.24, 2.45) is 0 Å². The Morgan fingerprint density at radius 2 is 2.17 bits per heavy atom. The van der Waals surface area contributed by atoms with Gasteiger partial charge >= 0.3 is 0 Å². The van der Waals surface area contributed by atoms with Crippen LogP contribution >= 0.6 is 0 Å². The summed E-state index contributed by atoms with van der Waals surface area (Å²) in [6, 6.07) is 3.87. The molecule has 0 radical (unpaired) electrons. The zero-order valence-electron chi connectivity index (χ0n) is 14.2. The van der Waals surface area contributed by atoms with E-state index in [9.17, 15) is 4.79 Å². The van der Waals surface area contributed by atoms with E-state index >= 15 is 0 Å². The second-order valence-corrected chi connectivity index (χ2v) is 7.15. The lowest BCUT2D eigenvalue weighted by molar-refractivity contribution is -0.131. The summed E-state index contributed by atoms with van der Waals surface area (Å²) in [6.45, 7) is 9.43. The van der Waals surface area contributed by atoms with Crippen molar-refractivity contribution in [3.63, 3.8) is 0 Å². The predicted octanol–water partition coefficient (Wildman–Crippen LogP) is 2.80. The highest BCUT2D eigenvalue weighted by Crippen LogP contribution is 2.27. The normalized spacial score (nSPS) is 14.7. The van der Waals surface area contributed by atoms with Crippen LogP contribution in [0.3, 0.4) is 0 Å². The average Bonchev–Trinajstić information content (AvgIpc) is 2.92. The largest absolute Gasteiger partial charge is 0.445 e. The molecule has 1 aliphatic rings. The van der Waals surface area contributed by atoms with Crippen molar-refractivity contribution in [2.75, 3.05) is 6.54 Å². The standard InChI is InChI=1S/C18H23N3O2/c1-12-6-5-8-19-13(12)10-16(22)21-9-7-15-14(11-21)20-17(23-15)18(2,3)4/h5-6,8H,7,9-11H2,1-4H3. The molecule has 23 heavy (non-hydrogen) atoms. The van der Waals surface area contributed by atoms with Crippen molar-refractivity contribution >= 4 is 5.91 Å². The Morgan fingerprint density at radius 3 is 2.87 bits per heavy atom. The van der Waals surface area contributed by atoms with Gasteiger partial charge in [-0.25, -0.2) is 4.98 Å². The zero-order valence-corrected chi connectivity index (χ0v) is 14.2. The van der Waals surface area contributed by atoms with Crippen LogP contribution in [0.1, 0.15) is 49.4 Å². The van der Waals surface area contributed by atoms with Crippen molar-refractivity contribution in [3.05, 3.63) is 46.9 Å². The number of aryl methyl sites for hydroxylation is 1. The highest BCUT2D eigenvalue weighted by molar-refractivity contribution is 5.78. The van der Waals surface area contributed by atoms with Crippen LogP contribution in [0.25, 0.3) is 0 Å². The van der Waals surface area contributed by atoms with Crippen molar-refractivity contribution in [2.45, 2.75) is 52.5 Å². The second kappa shape index (κ2) is 5.80. The third-order valence-electron chi connectivity index (χ3n) is 4.16. The molecule has 1 amide bonds. The summed E-state index contributed by atoms with van der Waals surface area (Å²) in [7, 11) is 0.